The summed E-state index contributed by atoms with van der Waals surface area (Å²) >= 11 is 0. The average Bonchev–Trinajstić information content (AvgIpc) is 3.02. The van der Waals surface area contributed by atoms with Crippen molar-refractivity contribution in [3.05, 3.63) is 54.0 Å². The van der Waals surface area contributed by atoms with E-state index in [1.165, 1.54) is 0 Å². The molecule has 2 N–H and O–H groups in total. The lowest BCUT2D eigenvalue weighted by atomic mass is 10.1. The van der Waals surface area contributed by atoms with Gasteiger partial charge in [-0.2, -0.15) is 9.97 Å². The second-order valence-corrected chi connectivity index (χ2v) is 4.90. The number of carbonyl (C=O) groups is 1. The maximum Gasteiger partial charge on any atom is 0.307 e. The molecule has 0 aliphatic heterocycles. The van der Waals surface area contributed by atoms with Crippen molar-refractivity contribution in [3.63, 3.8) is 0 Å². The molecule has 3 rings (SSSR count). The number of aliphatic carboxylic acids is 1. The van der Waals surface area contributed by atoms with E-state index >= 15 is 0 Å². The fourth-order valence-electron chi connectivity index (χ4n) is 2.06. The first-order valence-corrected chi connectivity index (χ1v) is 6.94. The third-order valence-electron chi connectivity index (χ3n) is 3.05. The van der Waals surface area contributed by atoms with Gasteiger partial charge in [0.25, 0.3) is 0 Å². The number of benzene rings is 1. The van der Waals surface area contributed by atoms with Gasteiger partial charge < -0.3 is 14.8 Å². The summed E-state index contributed by atoms with van der Waals surface area (Å²) in [7, 11) is 0. The number of furan rings is 1. The minimum Gasteiger partial charge on any atom is -0.481 e. The molecule has 0 saturated carbocycles. The van der Waals surface area contributed by atoms with Crippen LogP contribution < -0.4 is 5.32 Å². The van der Waals surface area contributed by atoms with Gasteiger partial charge in [0.05, 0.1) is 12.7 Å². The van der Waals surface area contributed by atoms with Crippen LogP contribution in [0.25, 0.3) is 11.6 Å². The molecular formula is C16H14N4O3. The van der Waals surface area contributed by atoms with Gasteiger partial charge in [-0.25, -0.2) is 4.98 Å². The van der Waals surface area contributed by atoms with E-state index in [1.807, 2.05) is 0 Å². The maximum absolute atomic E-state index is 10.7. The van der Waals surface area contributed by atoms with Crippen molar-refractivity contribution in [1.29, 1.82) is 0 Å². The van der Waals surface area contributed by atoms with Crippen LogP contribution in [0.15, 0.2) is 47.1 Å². The number of carboxylic acids is 1. The molecule has 0 aliphatic carbocycles. The molecule has 0 atom stereocenters. The molecular weight excluding hydrogens is 296 g/mol. The summed E-state index contributed by atoms with van der Waals surface area (Å²) in [4.78, 5) is 23.5. The minimum atomic E-state index is -0.859. The van der Waals surface area contributed by atoms with Crippen molar-refractivity contribution in [3.8, 4) is 11.6 Å². The highest BCUT2D eigenvalue weighted by atomic mass is 16.4. The van der Waals surface area contributed by atoms with Gasteiger partial charge in [-0.05, 0) is 36.8 Å². The predicted octanol–water partition coefficient (Wildman–Crippen LogP) is 2.81. The van der Waals surface area contributed by atoms with Crippen LogP contribution in [0, 0.1) is 6.92 Å². The monoisotopic (exact) mass is 310 g/mol. The molecule has 0 radical (unpaired) electrons. The van der Waals surface area contributed by atoms with E-state index in [0.29, 0.717) is 23.4 Å². The molecule has 3 aromatic rings. The van der Waals surface area contributed by atoms with Crippen LogP contribution in [0.2, 0.25) is 0 Å². The summed E-state index contributed by atoms with van der Waals surface area (Å²) in [5.74, 6) is 1.12. The Hall–Kier alpha value is -3.22. The van der Waals surface area contributed by atoms with E-state index in [1.54, 1.807) is 49.6 Å². The molecule has 116 valence electrons. The Morgan fingerprint density at radius 2 is 1.96 bits per heavy atom. The fourth-order valence-corrected chi connectivity index (χ4v) is 2.06. The van der Waals surface area contributed by atoms with Crippen LogP contribution in [-0.4, -0.2) is 26.0 Å². The molecule has 1 aromatic carbocycles. The van der Waals surface area contributed by atoms with Crippen molar-refractivity contribution >= 4 is 17.6 Å². The van der Waals surface area contributed by atoms with E-state index in [2.05, 4.69) is 20.3 Å². The van der Waals surface area contributed by atoms with Crippen LogP contribution in [-0.2, 0) is 11.2 Å². The Morgan fingerprint density at radius 3 is 2.61 bits per heavy atom. The number of aryl methyl sites for hydroxylation is 1. The van der Waals surface area contributed by atoms with Crippen molar-refractivity contribution in [1.82, 2.24) is 15.0 Å². The summed E-state index contributed by atoms with van der Waals surface area (Å²) in [5.41, 5.74) is 1.49. The lowest BCUT2D eigenvalue weighted by Crippen LogP contribution is -2.03. The zero-order valence-electron chi connectivity index (χ0n) is 12.4. The Kier molecular flexibility index (Phi) is 4.01. The molecule has 0 bridgehead atoms. The number of aromatic nitrogens is 3. The van der Waals surface area contributed by atoms with E-state index in [9.17, 15) is 4.79 Å². The van der Waals surface area contributed by atoms with E-state index in [-0.39, 0.29) is 6.42 Å². The van der Waals surface area contributed by atoms with Crippen LogP contribution in [0.5, 0.6) is 0 Å². The van der Waals surface area contributed by atoms with Crippen molar-refractivity contribution in [2.24, 2.45) is 0 Å². The zero-order chi connectivity index (χ0) is 16.2. The fraction of sp³-hybridized carbons (Fsp3) is 0.125. The predicted molar refractivity (Wildman–Crippen MR) is 83.3 cm³/mol. The minimum absolute atomic E-state index is 0.00616. The molecule has 2 heterocycles. The van der Waals surface area contributed by atoms with Crippen molar-refractivity contribution in [2.75, 3.05) is 5.32 Å². The number of nitrogens with zero attached hydrogens (tertiary/aromatic N) is 3. The lowest BCUT2D eigenvalue weighted by molar-refractivity contribution is -0.136. The Bertz CT molecular complexity index is 814. The molecule has 2 aromatic heterocycles. The Labute approximate surface area is 132 Å². The highest BCUT2D eigenvalue weighted by Gasteiger charge is 2.09. The Balaban J connectivity index is 1.81. The van der Waals surface area contributed by atoms with Gasteiger partial charge in [-0.1, -0.05) is 12.1 Å². The smallest absolute Gasteiger partial charge is 0.307 e. The molecule has 0 unspecified atom stereocenters. The van der Waals surface area contributed by atoms with Gasteiger partial charge in [-0.3, -0.25) is 4.79 Å². The molecule has 0 saturated heterocycles. The second kappa shape index (κ2) is 6.27. The highest BCUT2D eigenvalue weighted by Crippen LogP contribution is 2.19. The number of nitrogens with one attached hydrogen (secondary N) is 1. The molecule has 7 heteroatoms. The first-order chi connectivity index (χ1) is 11.1. The number of rotatable bonds is 5. The summed E-state index contributed by atoms with van der Waals surface area (Å²) in [5, 5.41) is 11.8. The summed E-state index contributed by atoms with van der Waals surface area (Å²) in [6.07, 6.45) is 1.55. The van der Waals surface area contributed by atoms with Crippen LogP contribution in [0.3, 0.4) is 0 Å². The molecule has 23 heavy (non-hydrogen) atoms. The molecule has 0 aliphatic rings. The summed E-state index contributed by atoms with van der Waals surface area (Å²) in [6.45, 7) is 1.77. The topological polar surface area (TPSA) is 101 Å². The van der Waals surface area contributed by atoms with Gasteiger partial charge in [0.1, 0.15) is 5.82 Å². The van der Waals surface area contributed by atoms with Gasteiger partial charge in [-0.15, -0.1) is 0 Å². The zero-order valence-corrected chi connectivity index (χ0v) is 12.4. The van der Waals surface area contributed by atoms with Crippen LogP contribution in [0.4, 0.5) is 11.6 Å². The maximum atomic E-state index is 10.7. The van der Waals surface area contributed by atoms with Gasteiger partial charge in [0.2, 0.25) is 11.8 Å². The quantitative estimate of drug-likeness (QED) is 0.747. The molecule has 0 fully saturated rings. The SMILES string of the molecule is Cc1nc(Nc2ccc(CC(=O)O)cc2)nc(-c2ccco2)n1. The first kappa shape index (κ1) is 14.7. The van der Waals surface area contributed by atoms with Gasteiger partial charge >= 0.3 is 5.97 Å². The third-order valence-corrected chi connectivity index (χ3v) is 3.05. The average molecular weight is 310 g/mol. The molecule has 7 nitrogen and oxygen atoms in total. The number of anilines is 2. The largest absolute Gasteiger partial charge is 0.481 e. The van der Waals surface area contributed by atoms with Crippen LogP contribution >= 0.6 is 0 Å². The van der Waals surface area contributed by atoms with Crippen molar-refractivity contribution < 1.29 is 14.3 Å². The highest BCUT2D eigenvalue weighted by molar-refractivity contribution is 5.70. The van der Waals surface area contributed by atoms with E-state index < -0.39 is 5.97 Å². The van der Waals surface area contributed by atoms with E-state index in [0.717, 1.165) is 11.3 Å². The normalized spacial score (nSPS) is 10.5. The number of carboxylic acid groups (broad SMARTS) is 1. The van der Waals surface area contributed by atoms with Gasteiger partial charge in [0.15, 0.2) is 5.76 Å². The van der Waals surface area contributed by atoms with Crippen molar-refractivity contribution in [2.45, 2.75) is 13.3 Å². The lowest BCUT2D eigenvalue weighted by Gasteiger charge is -2.07. The van der Waals surface area contributed by atoms with Crippen LogP contribution in [0.1, 0.15) is 11.4 Å². The number of hydrogen-bond acceptors (Lipinski definition) is 6. The summed E-state index contributed by atoms with van der Waals surface area (Å²) < 4.78 is 5.30. The Morgan fingerprint density at radius 1 is 1.17 bits per heavy atom. The molecule has 0 spiro atoms. The molecule has 0 amide bonds. The third kappa shape index (κ3) is 3.70. The summed E-state index contributed by atoms with van der Waals surface area (Å²) in [6, 6.07) is 10.6. The first-order valence-electron chi connectivity index (χ1n) is 6.94. The standard InChI is InChI=1S/C16H14N4O3/c1-10-17-15(13-3-2-8-23-13)20-16(18-10)19-12-6-4-11(5-7-12)9-14(21)22/h2-8H,9H2,1H3,(H,21,22)(H,17,18,19,20). The number of hydrogen-bond donors (Lipinski definition) is 2. The second-order valence-electron chi connectivity index (χ2n) is 4.90. The van der Waals surface area contributed by atoms with E-state index in [4.69, 9.17) is 9.52 Å². The van der Waals surface area contributed by atoms with Gasteiger partial charge in [0, 0.05) is 5.69 Å².